The van der Waals surface area contributed by atoms with Gasteiger partial charge in [-0.05, 0) is 18.2 Å². The van der Waals surface area contributed by atoms with Crippen molar-refractivity contribution < 1.29 is 8.42 Å². The lowest BCUT2D eigenvalue weighted by molar-refractivity contribution is 0.589. The summed E-state index contributed by atoms with van der Waals surface area (Å²) in [6, 6.07) is 17.2. The van der Waals surface area contributed by atoms with Gasteiger partial charge in [-0.15, -0.1) is 0 Å². The van der Waals surface area contributed by atoms with Crippen LogP contribution in [0.25, 0.3) is 22.2 Å². The van der Waals surface area contributed by atoms with Gasteiger partial charge in [0.15, 0.2) is 0 Å². The Morgan fingerprint density at radius 1 is 1.04 bits per heavy atom. The number of aromatic nitrogens is 3. The van der Waals surface area contributed by atoms with Crippen LogP contribution in [0.4, 0.5) is 5.95 Å². The number of para-hydroxylation sites is 1. The number of benzene rings is 2. The fourth-order valence-corrected chi connectivity index (χ4v) is 4.32. The van der Waals surface area contributed by atoms with Gasteiger partial charge in [-0.2, -0.15) is 5.26 Å². The van der Waals surface area contributed by atoms with Crippen molar-refractivity contribution in [3.63, 3.8) is 0 Å². The molecule has 0 atom stereocenters. The van der Waals surface area contributed by atoms with E-state index in [2.05, 4.69) is 9.97 Å². The lowest BCUT2D eigenvalue weighted by Gasteiger charge is -2.07. The molecule has 2 N–H and O–H groups in total. The molecule has 0 fully saturated rings. The molecule has 0 aliphatic heterocycles. The van der Waals surface area contributed by atoms with Crippen molar-refractivity contribution >= 4 is 26.9 Å². The summed E-state index contributed by atoms with van der Waals surface area (Å²) in [5.74, 6) is 0.00625. The lowest BCUT2D eigenvalue weighted by atomic mass is 10.1. The second-order valence-electron chi connectivity index (χ2n) is 5.78. The van der Waals surface area contributed by atoms with Crippen LogP contribution in [0.15, 0.2) is 71.9 Å². The van der Waals surface area contributed by atoms with E-state index in [4.69, 9.17) is 5.73 Å². The highest BCUT2D eigenvalue weighted by molar-refractivity contribution is 7.90. The summed E-state index contributed by atoms with van der Waals surface area (Å²) in [5.41, 5.74) is 7.18. The maximum atomic E-state index is 13.2. The van der Waals surface area contributed by atoms with Crippen molar-refractivity contribution in [3.8, 4) is 17.3 Å². The zero-order chi connectivity index (χ0) is 19.0. The Labute approximate surface area is 155 Å². The molecule has 0 spiro atoms. The summed E-state index contributed by atoms with van der Waals surface area (Å²) in [6.07, 6.45) is 2.80. The predicted octanol–water partition coefficient (Wildman–Crippen LogP) is 2.79. The van der Waals surface area contributed by atoms with Crippen molar-refractivity contribution in [2.45, 2.75) is 4.90 Å². The summed E-state index contributed by atoms with van der Waals surface area (Å²) < 4.78 is 27.5. The minimum atomic E-state index is -3.82. The number of nitrogens with two attached hydrogens (primary N) is 1. The van der Waals surface area contributed by atoms with Crippen LogP contribution in [0.5, 0.6) is 0 Å². The minimum Gasteiger partial charge on any atom is -0.368 e. The molecule has 0 unspecified atom stereocenters. The van der Waals surface area contributed by atoms with E-state index < -0.39 is 10.0 Å². The van der Waals surface area contributed by atoms with Gasteiger partial charge in [0, 0.05) is 17.1 Å². The first-order chi connectivity index (χ1) is 13.0. The number of hydrogen-bond donors (Lipinski definition) is 1. The zero-order valence-electron chi connectivity index (χ0n) is 13.9. The largest absolute Gasteiger partial charge is 0.368 e. The molecule has 0 bridgehead atoms. The number of nitrogen functional groups attached to an aromatic ring is 1. The van der Waals surface area contributed by atoms with Crippen LogP contribution in [-0.2, 0) is 10.0 Å². The minimum absolute atomic E-state index is 0.00625. The summed E-state index contributed by atoms with van der Waals surface area (Å²) >= 11 is 0. The monoisotopic (exact) mass is 375 g/mol. The van der Waals surface area contributed by atoms with Gasteiger partial charge in [0.05, 0.1) is 27.9 Å². The molecule has 0 radical (unpaired) electrons. The number of hydrogen-bond acceptors (Lipinski definition) is 6. The summed E-state index contributed by atoms with van der Waals surface area (Å²) in [5, 5.41) is 10.0. The fraction of sp³-hybridized carbons (Fsp3) is 0. The van der Waals surface area contributed by atoms with Crippen LogP contribution in [0.2, 0.25) is 0 Å². The van der Waals surface area contributed by atoms with Gasteiger partial charge in [0.1, 0.15) is 6.07 Å². The second-order valence-corrected chi connectivity index (χ2v) is 7.59. The summed E-state index contributed by atoms with van der Waals surface area (Å²) in [6.45, 7) is 0. The zero-order valence-corrected chi connectivity index (χ0v) is 14.8. The molecule has 8 heteroatoms. The van der Waals surface area contributed by atoms with Crippen molar-refractivity contribution in [1.29, 1.82) is 5.26 Å². The van der Waals surface area contributed by atoms with Gasteiger partial charge in [-0.1, -0.05) is 36.4 Å². The molecule has 4 aromatic rings. The van der Waals surface area contributed by atoms with Crippen LogP contribution < -0.4 is 5.73 Å². The van der Waals surface area contributed by atoms with E-state index in [0.717, 1.165) is 0 Å². The molecule has 2 aromatic carbocycles. The molecule has 2 heterocycles. The Kier molecular flexibility index (Phi) is 3.86. The van der Waals surface area contributed by atoms with Crippen LogP contribution in [-0.4, -0.2) is 22.4 Å². The Balaban J connectivity index is 2.05. The maximum absolute atomic E-state index is 13.2. The average Bonchev–Trinajstić information content (AvgIpc) is 3.09. The molecular formula is C19H13N5O2S. The van der Waals surface area contributed by atoms with Crippen molar-refractivity contribution in [2.75, 3.05) is 5.73 Å². The van der Waals surface area contributed by atoms with Crippen LogP contribution in [0.1, 0.15) is 5.56 Å². The lowest BCUT2D eigenvalue weighted by Crippen LogP contribution is -2.11. The maximum Gasteiger partial charge on any atom is 0.268 e. The fourth-order valence-electron chi connectivity index (χ4n) is 2.93. The molecule has 0 aliphatic rings. The topological polar surface area (TPSA) is 115 Å². The van der Waals surface area contributed by atoms with E-state index in [1.807, 2.05) is 6.07 Å². The second kappa shape index (κ2) is 6.23. The number of nitriles is 1. The smallest absolute Gasteiger partial charge is 0.268 e. The molecule has 0 saturated carbocycles. The third kappa shape index (κ3) is 2.70. The third-order valence-corrected chi connectivity index (χ3v) is 5.85. The molecule has 0 aliphatic carbocycles. The Morgan fingerprint density at radius 3 is 2.48 bits per heavy atom. The Bertz CT molecular complexity index is 1310. The van der Waals surface area contributed by atoms with Crippen molar-refractivity contribution in [1.82, 2.24) is 13.9 Å². The van der Waals surface area contributed by atoms with Gasteiger partial charge < -0.3 is 5.73 Å². The average molecular weight is 375 g/mol. The molecule has 27 heavy (non-hydrogen) atoms. The molecule has 132 valence electrons. The van der Waals surface area contributed by atoms with Gasteiger partial charge in [0.25, 0.3) is 10.0 Å². The number of rotatable bonds is 3. The number of fused-ring (bicyclic) bond motifs is 1. The van der Waals surface area contributed by atoms with Crippen LogP contribution >= 0.6 is 0 Å². The SMILES string of the molecule is N#Cc1cnc(N)nc1-c1cn(S(=O)(=O)c2ccccc2)c2ccccc12. The third-order valence-electron chi connectivity index (χ3n) is 4.16. The number of nitrogens with zero attached hydrogens (tertiary/aromatic N) is 4. The highest BCUT2D eigenvalue weighted by Crippen LogP contribution is 2.33. The summed E-state index contributed by atoms with van der Waals surface area (Å²) in [4.78, 5) is 8.17. The highest BCUT2D eigenvalue weighted by Gasteiger charge is 2.23. The van der Waals surface area contributed by atoms with Gasteiger partial charge >= 0.3 is 0 Å². The normalized spacial score (nSPS) is 11.4. The molecular weight excluding hydrogens is 362 g/mol. The van der Waals surface area contributed by atoms with Gasteiger partial charge in [0.2, 0.25) is 5.95 Å². The van der Waals surface area contributed by atoms with E-state index in [9.17, 15) is 13.7 Å². The molecule has 2 aromatic heterocycles. The first kappa shape index (κ1) is 16.8. The number of anilines is 1. The molecule has 4 rings (SSSR count). The van der Waals surface area contributed by atoms with E-state index in [1.165, 1.54) is 28.5 Å². The van der Waals surface area contributed by atoms with Crippen molar-refractivity contribution in [2.24, 2.45) is 0 Å². The van der Waals surface area contributed by atoms with E-state index in [1.54, 1.807) is 42.5 Å². The highest BCUT2D eigenvalue weighted by atomic mass is 32.2. The van der Waals surface area contributed by atoms with Crippen LogP contribution in [0.3, 0.4) is 0 Å². The Hall–Kier alpha value is -3.70. The van der Waals surface area contributed by atoms with Gasteiger partial charge in [-0.3, -0.25) is 0 Å². The standard InChI is InChI=1S/C19H13N5O2S/c20-10-13-11-22-19(21)23-18(13)16-12-24(17-9-5-4-8-15(16)17)27(25,26)14-6-2-1-3-7-14/h1-9,11-12H,(H2,21,22,23). The first-order valence-corrected chi connectivity index (χ1v) is 9.40. The van der Waals surface area contributed by atoms with Crippen molar-refractivity contribution in [3.05, 3.63) is 72.6 Å². The Morgan fingerprint density at radius 2 is 1.74 bits per heavy atom. The molecule has 0 saturated heterocycles. The van der Waals surface area contributed by atoms with Crippen LogP contribution in [0, 0.1) is 11.3 Å². The molecule has 7 nitrogen and oxygen atoms in total. The quantitative estimate of drug-likeness (QED) is 0.589. The van der Waals surface area contributed by atoms with E-state index >= 15 is 0 Å². The predicted molar refractivity (Wildman–Crippen MR) is 101 cm³/mol. The van der Waals surface area contributed by atoms with E-state index in [-0.39, 0.29) is 16.4 Å². The first-order valence-electron chi connectivity index (χ1n) is 7.96. The summed E-state index contributed by atoms with van der Waals surface area (Å²) in [7, 11) is -3.82. The van der Waals surface area contributed by atoms with Gasteiger partial charge in [-0.25, -0.2) is 22.4 Å². The molecule has 0 amide bonds. The van der Waals surface area contributed by atoms with E-state index in [0.29, 0.717) is 22.2 Å².